The molecule has 3 aromatic rings. The molecule has 1 aliphatic rings. The number of hydrogen-bond donors (Lipinski definition) is 3. The molecule has 0 radical (unpaired) electrons. The Hall–Kier alpha value is -3.38. The first-order chi connectivity index (χ1) is 14.0. The molecule has 148 valence electrons. The maximum Gasteiger partial charge on any atom is 0.252 e. The lowest BCUT2D eigenvalue weighted by Gasteiger charge is -2.13. The maximum atomic E-state index is 14.5. The quantitative estimate of drug-likeness (QED) is 0.597. The molecule has 0 saturated carbocycles. The van der Waals surface area contributed by atoms with Gasteiger partial charge in [-0.1, -0.05) is 30.3 Å². The number of ether oxygens (including phenoxy) is 1. The van der Waals surface area contributed by atoms with Gasteiger partial charge in [-0.25, -0.2) is 4.39 Å². The molecular formula is C23H21FN2O3. The average molecular weight is 392 g/mol. The highest BCUT2D eigenvalue weighted by Gasteiger charge is 2.20. The van der Waals surface area contributed by atoms with Gasteiger partial charge in [0.15, 0.2) is 11.6 Å². The lowest BCUT2D eigenvalue weighted by Crippen LogP contribution is -2.28. The SMILES string of the molecule is NC(=O)c1ccc(Oc2ccc(CNC3Cc4ccccc4C3)cc2F)cc1O. The fraction of sp³-hybridized carbons (Fsp3) is 0.174. The van der Waals surface area contributed by atoms with Crippen LogP contribution in [-0.2, 0) is 19.4 Å². The number of aromatic hydroxyl groups is 1. The minimum atomic E-state index is -0.748. The smallest absolute Gasteiger partial charge is 0.252 e. The molecule has 0 fully saturated rings. The number of carbonyl (C=O) groups excluding carboxylic acids is 1. The van der Waals surface area contributed by atoms with Gasteiger partial charge in [0, 0.05) is 18.7 Å². The van der Waals surface area contributed by atoms with E-state index in [1.807, 2.05) is 0 Å². The zero-order valence-corrected chi connectivity index (χ0v) is 15.7. The summed E-state index contributed by atoms with van der Waals surface area (Å²) < 4.78 is 20.0. The molecule has 0 aliphatic heterocycles. The minimum Gasteiger partial charge on any atom is -0.507 e. The van der Waals surface area contributed by atoms with Gasteiger partial charge in [0.25, 0.3) is 5.91 Å². The number of carbonyl (C=O) groups is 1. The van der Waals surface area contributed by atoms with E-state index in [0.717, 1.165) is 18.4 Å². The van der Waals surface area contributed by atoms with Gasteiger partial charge in [-0.15, -0.1) is 0 Å². The van der Waals surface area contributed by atoms with Crippen LogP contribution in [0.4, 0.5) is 4.39 Å². The highest BCUT2D eigenvalue weighted by Crippen LogP contribution is 2.29. The van der Waals surface area contributed by atoms with E-state index in [1.54, 1.807) is 12.1 Å². The third kappa shape index (κ3) is 4.22. The summed E-state index contributed by atoms with van der Waals surface area (Å²) in [7, 11) is 0. The zero-order valence-electron chi connectivity index (χ0n) is 15.7. The van der Waals surface area contributed by atoms with E-state index in [-0.39, 0.29) is 22.8 Å². The van der Waals surface area contributed by atoms with Gasteiger partial charge in [-0.3, -0.25) is 4.79 Å². The van der Waals surface area contributed by atoms with Crippen molar-refractivity contribution in [2.75, 3.05) is 0 Å². The summed E-state index contributed by atoms with van der Waals surface area (Å²) in [6.45, 7) is 0.559. The van der Waals surface area contributed by atoms with Crippen LogP contribution in [-0.4, -0.2) is 17.1 Å². The minimum absolute atomic E-state index is 0.0201. The molecule has 0 unspecified atom stereocenters. The van der Waals surface area contributed by atoms with Crippen molar-refractivity contribution in [3.63, 3.8) is 0 Å². The molecule has 1 aliphatic carbocycles. The second-order valence-electron chi connectivity index (χ2n) is 7.16. The number of amides is 1. The predicted octanol–water partition coefficient (Wildman–Crippen LogP) is 3.68. The van der Waals surface area contributed by atoms with Crippen LogP contribution in [0.15, 0.2) is 60.7 Å². The van der Waals surface area contributed by atoms with Crippen molar-refractivity contribution in [1.82, 2.24) is 5.32 Å². The molecular weight excluding hydrogens is 371 g/mol. The molecule has 0 spiro atoms. The normalized spacial score (nSPS) is 13.3. The Morgan fingerprint density at radius 2 is 1.83 bits per heavy atom. The van der Waals surface area contributed by atoms with E-state index in [2.05, 4.69) is 29.6 Å². The van der Waals surface area contributed by atoms with Crippen LogP contribution in [0.1, 0.15) is 27.0 Å². The highest BCUT2D eigenvalue weighted by atomic mass is 19.1. The van der Waals surface area contributed by atoms with Crippen LogP contribution in [0.2, 0.25) is 0 Å². The summed E-state index contributed by atoms with van der Waals surface area (Å²) in [5.41, 5.74) is 8.68. The number of fused-ring (bicyclic) bond motifs is 1. The maximum absolute atomic E-state index is 14.5. The molecule has 0 atom stereocenters. The van der Waals surface area contributed by atoms with E-state index in [1.165, 1.54) is 35.4 Å². The second-order valence-corrected chi connectivity index (χ2v) is 7.16. The number of hydrogen-bond acceptors (Lipinski definition) is 4. The monoisotopic (exact) mass is 392 g/mol. The van der Waals surface area contributed by atoms with Crippen LogP contribution >= 0.6 is 0 Å². The molecule has 0 bridgehead atoms. The molecule has 29 heavy (non-hydrogen) atoms. The van der Waals surface area contributed by atoms with Crippen LogP contribution in [0.25, 0.3) is 0 Å². The Labute approximate surface area is 167 Å². The van der Waals surface area contributed by atoms with Gasteiger partial charge in [0.2, 0.25) is 0 Å². The molecule has 0 saturated heterocycles. The Kier molecular flexibility index (Phi) is 5.18. The summed E-state index contributed by atoms with van der Waals surface area (Å²) in [6, 6.07) is 17.5. The molecule has 3 aromatic carbocycles. The first kappa shape index (κ1) is 19.0. The van der Waals surface area contributed by atoms with Crippen LogP contribution < -0.4 is 15.8 Å². The van der Waals surface area contributed by atoms with Crippen molar-refractivity contribution in [3.8, 4) is 17.2 Å². The summed E-state index contributed by atoms with van der Waals surface area (Å²) in [6.07, 6.45) is 1.95. The molecule has 0 aromatic heterocycles. The third-order valence-corrected chi connectivity index (χ3v) is 5.10. The zero-order chi connectivity index (χ0) is 20.4. The lowest BCUT2D eigenvalue weighted by atomic mass is 10.1. The first-order valence-corrected chi connectivity index (χ1v) is 9.39. The van der Waals surface area contributed by atoms with Crippen molar-refractivity contribution in [3.05, 3.63) is 88.7 Å². The van der Waals surface area contributed by atoms with Crippen molar-refractivity contribution in [2.45, 2.75) is 25.4 Å². The van der Waals surface area contributed by atoms with Gasteiger partial charge in [-0.05, 0) is 53.8 Å². The Morgan fingerprint density at radius 3 is 2.45 bits per heavy atom. The molecule has 4 rings (SSSR count). The Morgan fingerprint density at radius 1 is 1.10 bits per heavy atom. The van der Waals surface area contributed by atoms with Gasteiger partial charge in [-0.2, -0.15) is 0 Å². The van der Waals surface area contributed by atoms with E-state index in [4.69, 9.17) is 10.5 Å². The molecule has 6 heteroatoms. The Bertz CT molecular complexity index is 1040. The van der Waals surface area contributed by atoms with Crippen molar-refractivity contribution in [2.24, 2.45) is 5.73 Å². The number of nitrogens with two attached hydrogens (primary N) is 1. The van der Waals surface area contributed by atoms with Crippen molar-refractivity contribution >= 4 is 5.91 Å². The predicted molar refractivity (Wildman–Crippen MR) is 108 cm³/mol. The summed E-state index contributed by atoms with van der Waals surface area (Å²) in [5, 5.41) is 13.3. The number of phenols is 1. The number of benzene rings is 3. The van der Waals surface area contributed by atoms with Gasteiger partial charge in [0.05, 0.1) is 5.56 Å². The van der Waals surface area contributed by atoms with E-state index >= 15 is 0 Å². The second kappa shape index (κ2) is 7.93. The standard InChI is InChI=1S/C23H21FN2O3/c24-20-9-14(13-26-17-10-15-3-1-2-4-16(15)11-17)5-8-22(20)29-18-6-7-19(23(25)28)21(27)12-18/h1-9,12,17,26-27H,10-11,13H2,(H2,25,28). The first-order valence-electron chi connectivity index (χ1n) is 9.39. The highest BCUT2D eigenvalue weighted by molar-refractivity contribution is 5.95. The Balaban J connectivity index is 1.38. The topological polar surface area (TPSA) is 84.6 Å². The summed E-state index contributed by atoms with van der Waals surface area (Å²) >= 11 is 0. The van der Waals surface area contributed by atoms with E-state index < -0.39 is 11.7 Å². The fourth-order valence-electron chi connectivity index (χ4n) is 3.61. The van der Waals surface area contributed by atoms with Gasteiger partial charge >= 0.3 is 0 Å². The number of nitrogens with one attached hydrogen (secondary N) is 1. The third-order valence-electron chi connectivity index (χ3n) is 5.10. The number of primary amides is 1. The molecule has 0 heterocycles. The van der Waals surface area contributed by atoms with Crippen molar-refractivity contribution in [1.29, 1.82) is 0 Å². The summed E-state index contributed by atoms with van der Waals surface area (Å²) in [5.74, 6) is -1.32. The van der Waals surface area contributed by atoms with Crippen LogP contribution in [0.5, 0.6) is 17.2 Å². The molecule has 4 N–H and O–H groups in total. The average Bonchev–Trinajstić information content (AvgIpc) is 3.11. The molecule has 1 amide bonds. The van der Waals surface area contributed by atoms with E-state index in [0.29, 0.717) is 12.6 Å². The van der Waals surface area contributed by atoms with E-state index in [9.17, 15) is 14.3 Å². The number of halogens is 1. The summed E-state index contributed by atoms with van der Waals surface area (Å²) in [4.78, 5) is 11.2. The lowest BCUT2D eigenvalue weighted by molar-refractivity contribution is 0.0997. The fourth-order valence-corrected chi connectivity index (χ4v) is 3.61. The van der Waals surface area contributed by atoms with Crippen LogP contribution in [0.3, 0.4) is 0 Å². The van der Waals surface area contributed by atoms with Gasteiger partial charge in [0.1, 0.15) is 11.5 Å². The number of rotatable bonds is 6. The largest absolute Gasteiger partial charge is 0.507 e. The molecule has 5 nitrogen and oxygen atoms in total. The van der Waals surface area contributed by atoms with Crippen molar-refractivity contribution < 1.29 is 19.0 Å². The van der Waals surface area contributed by atoms with Gasteiger partial charge < -0.3 is 20.9 Å². The van der Waals surface area contributed by atoms with Crippen LogP contribution in [0, 0.1) is 5.82 Å².